The molecule has 2 unspecified atom stereocenters. The second-order valence-electron chi connectivity index (χ2n) is 5.71. The number of amides is 1. The molecule has 7 heteroatoms. The van der Waals surface area contributed by atoms with Crippen LogP contribution in [0.5, 0.6) is 0 Å². The van der Waals surface area contributed by atoms with Crippen LogP contribution in [0.3, 0.4) is 0 Å². The van der Waals surface area contributed by atoms with Crippen LogP contribution in [0.2, 0.25) is 0 Å². The van der Waals surface area contributed by atoms with E-state index in [1.807, 2.05) is 0 Å². The molecule has 0 radical (unpaired) electrons. The number of hydrogen-bond donors (Lipinski definition) is 2. The van der Waals surface area contributed by atoms with Gasteiger partial charge in [0, 0.05) is 0 Å². The maximum atomic E-state index is 12.3. The Hall–Kier alpha value is -1.34. The Morgan fingerprint density at radius 2 is 2.14 bits per heavy atom. The fourth-order valence-corrected chi connectivity index (χ4v) is 4.40. The van der Waals surface area contributed by atoms with E-state index < -0.39 is 11.9 Å². The van der Waals surface area contributed by atoms with Gasteiger partial charge < -0.3 is 10.4 Å². The summed E-state index contributed by atoms with van der Waals surface area (Å²) in [6, 6.07) is 0. The maximum absolute atomic E-state index is 12.3. The van der Waals surface area contributed by atoms with Gasteiger partial charge in [-0.05, 0) is 38.4 Å². The summed E-state index contributed by atoms with van der Waals surface area (Å²) in [7, 11) is 0. The van der Waals surface area contributed by atoms with Crippen LogP contribution in [0.4, 0.5) is 0 Å². The minimum Gasteiger partial charge on any atom is -0.477 e. The van der Waals surface area contributed by atoms with Crippen molar-refractivity contribution in [2.75, 3.05) is 19.6 Å². The van der Waals surface area contributed by atoms with Crippen LogP contribution in [0.15, 0.2) is 15.5 Å². The van der Waals surface area contributed by atoms with Gasteiger partial charge in [-0.1, -0.05) is 18.2 Å². The van der Waals surface area contributed by atoms with Crippen LogP contribution in [0.25, 0.3) is 0 Å². The molecule has 1 amide bonds. The number of nitrogens with zero attached hydrogens (tertiary/aromatic N) is 2. The van der Waals surface area contributed by atoms with E-state index in [4.69, 9.17) is 0 Å². The number of fused-ring (bicyclic) bond motifs is 1. The van der Waals surface area contributed by atoms with E-state index in [0.717, 1.165) is 13.1 Å². The molecule has 2 atom stereocenters. The first-order valence-electron chi connectivity index (χ1n) is 7.27. The number of hydrogen-bond acceptors (Lipinski definition) is 5. The van der Waals surface area contributed by atoms with Crippen molar-refractivity contribution in [3.63, 3.8) is 0 Å². The Morgan fingerprint density at radius 1 is 1.43 bits per heavy atom. The molecule has 3 heterocycles. The SMILES string of the molecule is CC1=C(C(=O)O)SC2N=C(CN3CCCCC3)NC(=O)C12. The van der Waals surface area contributed by atoms with E-state index in [-0.39, 0.29) is 16.2 Å². The largest absolute Gasteiger partial charge is 0.477 e. The van der Waals surface area contributed by atoms with Crippen LogP contribution >= 0.6 is 11.8 Å². The summed E-state index contributed by atoms with van der Waals surface area (Å²) < 4.78 is 0. The molecule has 0 aliphatic carbocycles. The minimum atomic E-state index is -0.965. The van der Waals surface area contributed by atoms with Crippen molar-refractivity contribution in [3.8, 4) is 0 Å². The van der Waals surface area contributed by atoms with Crippen molar-refractivity contribution < 1.29 is 14.7 Å². The first-order chi connectivity index (χ1) is 10.1. The summed E-state index contributed by atoms with van der Waals surface area (Å²) in [6.07, 6.45) is 3.64. The van der Waals surface area contributed by atoms with E-state index in [1.54, 1.807) is 6.92 Å². The van der Waals surface area contributed by atoms with E-state index >= 15 is 0 Å². The molecule has 0 saturated carbocycles. The van der Waals surface area contributed by atoms with Gasteiger partial charge in [0.25, 0.3) is 0 Å². The van der Waals surface area contributed by atoms with Crippen LogP contribution in [-0.4, -0.2) is 52.7 Å². The first kappa shape index (κ1) is 14.6. The molecule has 1 saturated heterocycles. The van der Waals surface area contributed by atoms with Crippen LogP contribution in [0, 0.1) is 5.92 Å². The highest BCUT2D eigenvalue weighted by molar-refractivity contribution is 8.04. The Balaban J connectivity index is 1.74. The number of nitrogens with one attached hydrogen (secondary N) is 1. The van der Waals surface area contributed by atoms with E-state index in [1.165, 1.54) is 31.0 Å². The topological polar surface area (TPSA) is 82.0 Å². The van der Waals surface area contributed by atoms with Gasteiger partial charge in [-0.25, -0.2) is 4.79 Å². The van der Waals surface area contributed by atoms with Crippen molar-refractivity contribution in [3.05, 3.63) is 10.5 Å². The Labute approximate surface area is 127 Å². The average Bonchev–Trinajstić information content (AvgIpc) is 2.77. The second kappa shape index (κ2) is 5.81. The average molecular weight is 309 g/mol. The smallest absolute Gasteiger partial charge is 0.342 e. The second-order valence-corrected chi connectivity index (χ2v) is 6.83. The number of carboxylic acids is 1. The highest BCUT2D eigenvalue weighted by atomic mass is 32.2. The highest BCUT2D eigenvalue weighted by Gasteiger charge is 2.43. The number of rotatable bonds is 3. The quantitative estimate of drug-likeness (QED) is 0.814. The number of carboxylic acid groups (broad SMARTS) is 1. The summed E-state index contributed by atoms with van der Waals surface area (Å²) in [5.41, 5.74) is 0.621. The fraction of sp³-hybridized carbons (Fsp3) is 0.643. The van der Waals surface area contributed by atoms with E-state index in [2.05, 4.69) is 15.2 Å². The molecule has 1 fully saturated rings. The predicted molar refractivity (Wildman–Crippen MR) is 81.1 cm³/mol. The highest BCUT2D eigenvalue weighted by Crippen LogP contribution is 2.44. The molecule has 0 aromatic heterocycles. The molecule has 2 N–H and O–H groups in total. The number of likely N-dealkylation sites (tertiary alicyclic amines) is 1. The molecule has 3 rings (SSSR count). The normalized spacial score (nSPS) is 30.0. The number of carbonyl (C=O) groups is 2. The lowest BCUT2D eigenvalue weighted by Crippen LogP contribution is -2.49. The molecule has 114 valence electrons. The molecule has 0 spiro atoms. The fourth-order valence-electron chi connectivity index (χ4n) is 3.10. The first-order valence-corrected chi connectivity index (χ1v) is 8.15. The van der Waals surface area contributed by atoms with E-state index in [9.17, 15) is 14.7 Å². The number of aliphatic imine (C=N–C) groups is 1. The summed E-state index contributed by atoms with van der Waals surface area (Å²) >= 11 is 1.19. The molecule has 6 nitrogen and oxygen atoms in total. The zero-order valence-corrected chi connectivity index (χ0v) is 12.8. The third kappa shape index (κ3) is 2.85. The molecule has 0 aromatic rings. The molecule has 3 aliphatic heterocycles. The lowest BCUT2D eigenvalue weighted by Gasteiger charge is -2.30. The third-order valence-electron chi connectivity index (χ3n) is 4.20. The summed E-state index contributed by atoms with van der Waals surface area (Å²) in [5, 5.41) is 11.7. The standard InChI is InChI=1S/C14H19N3O3S/c1-8-10-12(18)15-9(7-17-5-3-2-4-6-17)16-13(10)21-11(8)14(19)20/h10,13H,2-7H2,1H3,(H,19,20)(H,15,16,18). The lowest BCUT2D eigenvalue weighted by molar-refractivity contribution is -0.131. The Morgan fingerprint density at radius 3 is 2.81 bits per heavy atom. The summed E-state index contributed by atoms with van der Waals surface area (Å²) in [6.45, 7) is 4.43. The monoisotopic (exact) mass is 309 g/mol. The zero-order valence-electron chi connectivity index (χ0n) is 12.0. The maximum Gasteiger partial charge on any atom is 0.342 e. The molecule has 21 heavy (non-hydrogen) atoms. The van der Waals surface area contributed by atoms with Gasteiger partial charge in [-0.2, -0.15) is 0 Å². The predicted octanol–water partition coefficient (Wildman–Crippen LogP) is 1.05. The zero-order chi connectivity index (χ0) is 15.0. The third-order valence-corrected chi connectivity index (χ3v) is 5.55. The summed E-state index contributed by atoms with van der Waals surface area (Å²) in [5.74, 6) is -0.850. The van der Waals surface area contributed by atoms with Crippen LogP contribution in [0.1, 0.15) is 26.2 Å². The molecule has 0 aromatic carbocycles. The van der Waals surface area contributed by atoms with Crippen molar-refractivity contribution in [1.82, 2.24) is 10.2 Å². The van der Waals surface area contributed by atoms with Gasteiger partial charge >= 0.3 is 5.97 Å². The molecule has 0 bridgehead atoms. The van der Waals surface area contributed by atoms with Gasteiger partial charge in [0.2, 0.25) is 5.91 Å². The Kier molecular flexibility index (Phi) is 4.03. The minimum absolute atomic E-state index is 0.122. The van der Waals surface area contributed by atoms with Crippen molar-refractivity contribution in [2.24, 2.45) is 10.9 Å². The van der Waals surface area contributed by atoms with Gasteiger partial charge in [0.1, 0.15) is 11.2 Å². The number of amidine groups is 1. The summed E-state index contributed by atoms with van der Waals surface area (Å²) in [4.78, 5) is 30.6. The molecular formula is C14H19N3O3S. The van der Waals surface area contributed by atoms with Crippen molar-refractivity contribution >= 4 is 29.5 Å². The number of thioether (sulfide) groups is 1. The van der Waals surface area contributed by atoms with Crippen molar-refractivity contribution in [1.29, 1.82) is 0 Å². The van der Waals surface area contributed by atoms with Gasteiger partial charge in [-0.3, -0.25) is 14.7 Å². The lowest BCUT2D eigenvalue weighted by atomic mass is 9.98. The molecular weight excluding hydrogens is 290 g/mol. The Bertz CT molecular complexity index is 538. The van der Waals surface area contributed by atoms with Gasteiger partial charge in [0.05, 0.1) is 17.4 Å². The van der Waals surface area contributed by atoms with Crippen LogP contribution < -0.4 is 5.32 Å². The number of piperidine rings is 1. The van der Waals surface area contributed by atoms with E-state index in [0.29, 0.717) is 18.0 Å². The van der Waals surface area contributed by atoms with Crippen LogP contribution in [-0.2, 0) is 9.59 Å². The number of carbonyl (C=O) groups excluding carboxylic acids is 1. The molecule has 3 aliphatic rings. The van der Waals surface area contributed by atoms with Gasteiger partial charge in [-0.15, -0.1) is 0 Å². The number of aliphatic carboxylic acids is 1. The van der Waals surface area contributed by atoms with Gasteiger partial charge in [0.15, 0.2) is 0 Å². The van der Waals surface area contributed by atoms with Crippen molar-refractivity contribution in [2.45, 2.75) is 31.6 Å².